The largest absolute Gasteiger partial charge is 0.440 e. The summed E-state index contributed by atoms with van der Waals surface area (Å²) in [5.74, 6) is 0.730. The maximum absolute atomic E-state index is 7.13. The Bertz CT molecular complexity index is 254. The molecule has 1 N–H and O–H groups in total. The summed E-state index contributed by atoms with van der Waals surface area (Å²) in [5.41, 5.74) is 0. The van der Waals surface area contributed by atoms with Gasteiger partial charge >= 0.3 is 0 Å². The van der Waals surface area contributed by atoms with Crippen LogP contribution in [0, 0.1) is 5.41 Å². The molecule has 0 fully saturated rings. The average Bonchev–Trinajstić information content (AvgIpc) is 2.06. The van der Waals surface area contributed by atoms with E-state index in [2.05, 4.69) is 6.58 Å². The summed E-state index contributed by atoms with van der Waals surface area (Å²) >= 11 is 0. The molecule has 0 aliphatic heterocycles. The highest BCUT2D eigenvalue weighted by Gasteiger charge is 1.91. The Hall–Kier alpha value is -1.57. The van der Waals surface area contributed by atoms with Crippen molar-refractivity contribution in [1.82, 2.24) is 0 Å². The van der Waals surface area contributed by atoms with Crippen molar-refractivity contribution in [1.29, 1.82) is 5.41 Å². The van der Waals surface area contributed by atoms with Gasteiger partial charge in [-0.2, -0.15) is 0 Å². The van der Waals surface area contributed by atoms with E-state index in [1.165, 1.54) is 6.08 Å². The van der Waals surface area contributed by atoms with Crippen LogP contribution >= 0.6 is 0 Å². The van der Waals surface area contributed by atoms with E-state index in [4.69, 9.17) is 10.1 Å². The van der Waals surface area contributed by atoms with Crippen molar-refractivity contribution in [2.75, 3.05) is 0 Å². The van der Waals surface area contributed by atoms with Crippen LogP contribution in [-0.4, -0.2) is 5.90 Å². The van der Waals surface area contributed by atoms with Gasteiger partial charge in [0.2, 0.25) is 5.90 Å². The van der Waals surface area contributed by atoms with Crippen molar-refractivity contribution in [3.05, 3.63) is 43.0 Å². The Labute approximate surface area is 65.6 Å². The summed E-state index contributed by atoms with van der Waals surface area (Å²) in [5, 5.41) is 7.13. The topological polar surface area (TPSA) is 33.1 Å². The van der Waals surface area contributed by atoms with Gasteiger partial charge in [-0.1, -0.05) is 24.8 Å². The first kappa shape index (κ1) is 7.54. The molecule has 0 aliphatic rings. The molecule has 11 heavy (non-hydrogen) atoms. The number of hydrogen-bond acceptors (Lipinski definition) is 2. The molecule has 0 spiro atoms. The van der Waals surface area contributed by atoms with E-state index in [1.807, 2.05) is 18.2 Å². The van der Waals surface area contributed by atoms with E-state index in [0.29, 0.717) is 5.75 Å². The van der Waals surface area contributed by atoms with Gasteiger partial charge in [0.1, 0.15) is 5.75 Å². The molecule has 0 saturated carbocycles. The van der Waals surface area contributed by atoms with Crippen LogP contribution in [0.1, 0.15) is 0 Å². The molecule has 0 bridgehead atoms. The third kappa shape index (κ3) is 2.26. The molecule has 2 nitrogen and oxygen atoms in total. The fraction of sp³-hybridized carbons (Fsp3) is 0. The highest BCUT2D eigenvalue weighted by Crippen LogP contribution is 2.08. The SMILES string of the molecule is C=CC(=N)Oc1ccccc1. The van der Waals surface area contributed by atoms with Crippen molar-refractivity contribution in [3.8, 4) is 5.75 Å². The Morgan fingerprint density at radius 1 is 1.36 bits per heavy atom. The minimum Gasteiger partial charge on any atom is -0.440 e. The lowest BCUT2D eigenvalue weighted by Crippen LogP contribution is -2.01. The second-order valence-corrected chi connectivity index (χ2v) is 1.98. The molecule has 0 aromatic heterocycles. The van der Waals surface area contributed by atoms with Crippen molar-refractivity contribution in [3.63, 3.8) is 0 Å². The minimum absolute atomic E-state index is 0.0659. The smallest absolute Gasteiger partial charge is 0.211 e. The molecule has 0 saturated heterocycles. The van der Waals surface area contributed by atoms with E-state index in [0.717, 1.165) is 0 Å². The summed E-state index contributed by atoms with van der Waals surface area (Å²) in [6.45, 7) is 3.41. The molecule has 1 aromatic rings. The number of rotatable bonds is 2. The molecule has 0 heterocycles. The number of nitrogens with one attached hydrogen (secondary N) is 1. The predicted octanol–water partition coefficient (Wildman–Crippen LogP) is 2.23. The molecule has 2 heteroatoms. The normalized spacial score (nSPS) is 8.73. The highest BCUT2D eigenvalue weighted by molar-refractivity contribution is 5.85. The zero-order valence-corrected chi connectivity index (χ0v) is 6.08. The molecule has 0 radical (unpaired) electrons. The molecular weight excluding hydrogens is 138 g/mol. The number of ether oxygens (including phenoxy) is 1. The second kappa shape index (κ2) is 3.56. The van der Waals surface area contributed by atoms with Crippen LogP contribution in [0.2, 0.25) is 0 Å². The Kier molecular flexibility index (Phi) is 2.44. The van der Waals surface area contributed by atoms with Crippen LogP contribution < -0.4 is 4.74 Å². The molecular formula is C9H9NO. The van der Waals surface area contributed by atoms with E-state index >= 15 is 0 Å². The Morgan fingerprint density at radius 3 is 2.55 bits per heavy atom. The summed E-state index contributed by atoms with van der Waals surface area (Å²) in [7, 11) is 0. The monoisotopic (exact) mass is 147 g/mol. The summed E-state index contributed by atoms with van der Waals surface area (Å²) in [6.07, 6.45) is 1.35. The molecule has 1 aromatic carbocycles. The van der Waals surface area contributed by atoms with Crippen molar-refractivity contribution in [2.24, 2.45) is 0 Å². The molecule has 0 atom stereocenters. The highest BCUT2D eigenvalue weighted by atomic mass is 16.5. The van der Waals surface area contributed by atoms with Gasteiger partial charge in [0.25, 0.3) is 0 Å². The zero-order valence-electron chi connectivity index (χ0n) is 6.08. The van der Waals surface area contributed by atoms with Crippen LogP contribution in [-0.2, 0) is 0 Å². The summed E-state index contributed by atoms with van der Waals surface area (Å²) < 4.78 is 5.03. The summed E-state index contributed by atoms with van der Waals surface area (Å²) in [6, 6.07) is 9.18. The lowest BCUT2D eigenvalue weighted by atomic mass is 10.3. The fourth-order valence-corrected chi connectivity index (χ4v) is 0.657. The Balaban J connectivity index is 2.65. The zero-order chi connectivity index (χ0) is 8.10. The fourth-order valence-electron chi connectivity index (χ4n) is 0.657. The first-order chi connectivity index (χ1) is 5.33. The van der Waals surface area contributed by atoms with Crippen molar-refractivity contribution < 1.29 is 4.74 Å². The van der Waals surface area contributed by atoms with E-state index in [-0.39, 0.29) is 5.90 Å². The lowest BCUT2D eigenvalue weighted by molar-refractivity contribution is 0.551. The molecule has 0 aliphatic carbocycles. The number of para-hydroxylation sites is 1. The molecule has 56 valence electrons. The average molecular weight is 147 g/mol. The number of hydrogen-bond donors (Lipinski definition) is 1. The van der Waals surface area contributed by atoms with Crippen LogP contribution in [0.15, 0.2) is 43.0 Å². The van der Waals surface area contributed by atoms with Gasteiger partial charge in [0, 0.05) is 0 Å². The van der Waals surface area contributed by atoms with Gasteiger partial charge in [-0.3, -0.25) is 5.41 Å². The third-order valence-corrected chi connectivity index (χ3v) is 1.16. The lowest BCUT2D eigenvalue weighted by Gasteiger charge is -2.00. The van der Waals surface area contributed by atoms with Crippen LogP contribution in [0.4, 0.5) is 0 Å². The second-order valence-electron chi connectivity index (χ2n) is 1.98. The van der Waals surface area contributed by atoms with Gasteiger partial charge in [0.15, 0.2) is 0 Å². The van der Waals surface area contributed by atoms with E-state index in [9.17, 15) is 0 Å². The van der Waals surface area contributed by atoms with Gasteiger partial charge in [-0.15, -0.1) is 0 Å². The van der Waals surface area contributed by atoms with Gasteiger partial charge < -0.3 is 4.74 Å². The first-order valence-corrected chi connectivity index (χ1v) is 3.27. The Morgan fingerprint density at radius 2 is 2.00 bits per heavy atom. The van der Waals surface area contributed by atoms with Gasteiger partial charge in [0.05, 0.1) is 0 Å². The number of benzene rings is 1. The van der Waals surface area contributed by atoms with Crippen LogP contribution in [0.5, 0.6) is 5.75 Å². The maximum atomic E-state index is 7.13. The van der Waals surface area contributed by atoms with Gasteiger partial charge in [-0.05, 0) is 18.2 Å². The molecule has 1 rings (SSSR count). The van der Waals surface area contributed by atoms with Crippen molar-refractivity contribution >= 4 is 5.90 Å². The maximum Gasteiger partial charge on any atom is 0.211 e. The summed E-state index contributed by atoms with van der Waals surface area (Å²) in [4.78, 5) is 0. The van der Waals surface area contributed by atoms with E-state index < -0.39 is 0 Å². The van der Waals surface area contributed by atoms with Crippen LogP contribution in [0.25, 0.3) is 0 Å². The molecule has 0 unspecified atom stereocenters. The van der Waals surface area contributed by atoms with Crippen molar-refractivity contribution in [2.45, 2.75) is 0 Å². The first-order valence-electron chi connectivity index (χ1n) is 3.27. The van der Waals surface area contributed by atoms with Crippen LogP contribution in [0.3, 0.4) is 0 Å². The minimum atomic E-state index is 0.0659. The van der Waals surface area contributed by atoms with Gasteiger partial charge in [-0.25, -0.2) is 0 Å². The third-order valence-electron chi connectivity index (χ3n) is 1.16. The molecule has 0 amide bonds. The quantitative estimate of drug-likeness (QED) is 0.505. The standard InChI is InChI=1S/C9H9NO/c1-2-9(10)11-8-6-4-3-5-7-8/h2-7,10H,1H2. The predicted molar refractivity (Wildman–Crippen MR) is 45.0 cm³/mol. The van der Waals surface area contributed by atoms with E-state index in [1.54, 1.807) is 12.1 Å².